The van der Waals surface area contributed by atoms with Crippen molar-refractivity contribution in [2.75, 3.05) is 26.7 Å². The van der Waals surface area contributed by atoms with Crippen molar-refractivity contribution in [2.45, 2.75) is 51.4 Å². The maximum atomic E-state index is 14.0. The molecule has 0 saturated carbocycles. The van der Waals surface area contributed by atoms with E-state index >= 15 is 0 Å². The minimum absolute atomic E-state index is 0.179. The van der Waals surface area contributed by atoms with Gasteiger partial charge >= 0.3 is 5.97 Å². The molecule has 3 aromatic rings. The molecule has 37 heavy (non-hydrogen) atoms. The van der Waals surface area contributed by atoms with E-state index in [1.165, 1.54) is 5.56 Å². The topological polar surface area (TPSA) is 62.7 Å². The molecule has 1 N–H and O–H groups in total. The molecule has 0 aliphatic carbocycles. The number of methoxy groups -OCH3 is 1. The van der Waals surface area contributed by atoms with Crippen LogP contribution in [0, 0.1) is 23.5 Å². The number of aryl methyl sites for hydroxylation is 2. The SMILES string of the molecule is COc1ccc2nccc(CCC[C@@H]3CCN(CCCc4cccc(F)c4F)C[C@@H]3CCC(=O)O)c2c1. The highest BCUT2D eigenvalue weighted by molar-refractivity contribution is 5.83. The summed E-state index contributed by atoms with van der Waals surface area (Å²) in [7, 11) is 1.67. The molecule has 1 aromatic heterocycles. The fourth-order valence-corrected chi connectivity index (χ4v) is 5.69. The van der Waals surface area contributed by atoms with Gasteiger partial charge in [0, 0.05) is 24.5 Å². The molecule has 0 spiro atoms. The predicted octanol–water partition coefficient (Wildman–Crippen LogP) is 6.28. The van der Waals surface area contributed by atoms with Gasteiger partial charge in [0.25, 0.3) is 0 Å². The second kappa shape index (κ2) is 13.0. The van der Waals surface area contributed by atoms with Crippen LogP contribution in [0.1, 0.15) is 49.7 Å². The number of carbonyl (C=O) groups is 1. The van der Waals surface area contributed by atoms with Gasteiger partial charge in [-0.2, -0.15) is 0 Å². The highest BCUT2D eigenvalue weighted by Crippen LogP contribution is 2.32. The molecule has 2 atom stereocenters. The first-order valence-corrected chi connectivity index (χ1v) is 13.2. The smallest absolute Gasteiger partial charge is 0.303 e. The van der Waals surface area contributed by atoms with Crippen molar-refractivity contribution < 1.29 is 23.4 Å². The summed E-state index contributed by atoms with van der Waals surface area (Å²) in [5, 5.41) is 10.4. The number of likely N-dealkylation sites (tertiary alicyclic amines) is 1. The molecule has 0 radical (unpaired) electrons. The average Bonchev–Trinajstić information content (AvgIpc) is 2.90. The number of piperidine rings is 1. The number of rotatable bonds is 12. The maximum absolute atomic E-state index is 14.0. The van der Waals surface area contributed by atoms with Crippen LogP contribution in [-0.4, -0.2) is 47.7 Å². The van der Waals surface area contributed by atoms with Crippen LogP contribution in [0.15, 0.2) is 48.7 Å². The lowest BCUT2D eigenvalue weighted by atomic mass is 9.79. The van der Waals surface area contributed by atoms with Crippen LogP contribution in [-0.2, 0) is 17.6 Å². The third-order valence-corrected chi connectivity index (χ3v) is 7.72. The van der Waals surface area contributed by atoms with Crippen LogP contribution < -0.4 is 4.74 Å². The molecular weight excluding hydrogens is 474 g/mol. The largest absolute Gasteiger partial charge is 0.497 e. The van der Waals surface area contributed by atoms with Gasteiger partial charge in [-0.15, -0.1) is 0 Å². The lowest BCUT2D eigenvalue weighted by molar-refractivity contribution is -0.137. The Hall–Kier alpha value is -3.06. The molecule has 4 rings (SSSR count). The minimum atomic E-state index is -0.800. The van der Waals surface area contributed by atoms with Gasteiger partial charge in [0.1, 0.15) is 5.75 Å². The highest BCUT2D eigenvalue weighted by Gasteiger charge is 2.29. The van der Waals surface area contributed by atoms with Crippen LogP contribution in [0.5, 0.6) is 5.75 Å². The molecule has 2 heterocycles. The number of carboxylic acid groups (broad SMARTS) is 1. The first-order chi connectivity index (χ1) is 17.9. The number of halogens is 2. The monoisotopic (exact) mass is 510 g/mol. The van der Waals surface area contributed by atoms with E-state index in [9.17, 15) is 18.7 Å². The van der Waals surface area contributed by atoms with Crippen molar-refractivity contribution >= 4 is 16.9 Å². The van der Waals surface area contributed by atoms with E-state index in [4.69, 9.17) is 4.74 Å². The average molecular weight is 511 g/mol. The normalized spacial score (nSPS) is 18.2. The summed E-state index contributed by atoms with van der Waals surface area (Å²) in [5.41, 5.74) is 2.63. The Bertz CT molecular complexity index is 1200. The Labute approximate surface area is 217 Å². The first-order valence-electron chi connectivity index (χ1n) is 13.2. The molecule has 7 heteroatoms. The van der Waals surface area contributed by atoms with Crippen molar-refractivity contribution in [3.05, 3.63) is 71.4 Å². The zero-order valence-electron chi connectivity index (χ0n) is 21.5. The van der Waals surface area contributed by atoms with Crippen LogP contribution in [0.3, 0.4) is 0 Å². The lowest BCUT2D eigenvalue weighted by Gasteiger charge is -2.39. The molecule has 198 valence electrons. The maximum Gasteiger partial charge on any atom is 0.303 e. The Kier molecular flexibility index (Phi) is 9.45. The minimum Gasteiger partial charge on any atom is -0.497 e. The summed E-state index contributed by atoms with van der Waals surface area (Å²) in [5.74, 6) is -0.673. The molecule has 2 aromatic carbocycles. The summed E-state index contributed by atoms with van der Waals surface area (Å²) >= 11 is 0. The summed E-state index contributed by atoms with van der Waals surface area (Å²) in [4.78, 5) is 18.1. The molecule has 0 unspecified atom stereocenters. The number of aromatic nitrogens is 1. The number of fused-ring (bicyclic) bond motifs is 1. The van der Waals surface area contributed by atoms with Crippen molar-refractivity contribution in [2.24, 2.45) is 11.8 Å². The van der Waals surface area contributed by atoms with E-state index in [0.717, 1.165) is 74.5 Å². The van der Waals surface area contributed by atoms with Crippen molar-refractivity contribution in [3.63, 3.8) is 0 Å². The number of carboxylic acids is 1. The third kappa shape index (κ3) is 7.25. The Morgan fingerprint density at radius 2 is 1.92 bits per heavy atom. The molecule has 0 amide bonds. The zero-order chi connectivity index (χ0) is 26.2. The summed E-state index contributed by atoms with van der Waals surface area (Å²) in [6.07, 6.45) is 8.00. The van der Waals surface area contributed by atoms with Crippen LogP contribution in [0.2, 0.25) is 0 Å². The number of hydrogen-bond acceptors (Lipinski definition) is 4. The first kappa shape index (κ1) is 27.0. The van der Waals surface area contributed by atoms with Gasteiger partial charge in [0.15, 0.2) is 11.6 Å². The number of pyridine rings is 1. The van der Waals surface area contributed by atoms with E-state index in [1.807, 2.05) is 24.4 Å². The van der Waals surface area contributed by atoms with Crippen LogP contribution in [0.25, 0.3) is 10.9 Å². The van der Waals surface area contributed by atoms with E-state index < -0.39 is 17.6 Å². The van der Waals surface area contributed by atoms with Crippen molar-refractivity contribution in [1.29, 1.82) is 0 Å². The molecule has 1 aliphatic heterocycles. The van der Waals surface area contributed by atoms with Gasteiger partial charge in [-0.3, -0.25) is 9.78 Å². The van der Waals surface area contributed by atoms with E-state index in [-0.39, 0.29) is 6.42 Å². The Morgan fingerprint density at radius 1 is 1.08 bits per heavy atom. The zero-order valence-corrected chi connectivity index (χ0v) is 21.5. The number of nitrogens with zero attached hydrogens (tertiary/aromatic N) is 2. The third-order valence-electron chi connectivity index (χ3n) is 7.72. The molecule has 1 aliphatic rings. The van der Waals surface area contributed by atoms with Crippen molar-refractivity contribution in [1.82, 2.24) is 9.88 Å². The second-order valence-electron chi connectivity index (χ2n) is 10.1. The van der Waals surface area contributed by atoms with Gasteiger partial charge in [0.2, 0.25) is 0 Å². The van der Waals surface area contributed by atoms with Gasteiger partial charge in [-0.1, -0.05) is 12.1 Å². The fourth-order valence-electron chi connectivity index (χ4n) is 5.69. The number of aliphatic carboxylic acids is 1. The quantitative estimate of drug-likeness (QED) is 0.311. The molecule has 1 saturated heterocycles. The van der Waals surface area contributed by atoms with Gasteiger partial charge in [0.05, 0.1) is 12.6 Å². The van der Waals surface area contributed by atoms with E-state index in [2.05, 4.69) is 16.0 Å². The molecule has 1 fully saturated rings. The van der Waals surface area contributed by atoms with E-state index in [1.54, 1.807) is 19.2 Å². The number of ether oxygens (including phenoxy) is 1. The van der Waals surface area contributed by atoms with Crippen molar-refractivity contribution in [3.8, 4) is 5.75 Å². The summed E-state index contributed by atoms with van der Waals surface area (Å²) < 4.78 is 32.8. The molecule has 5 nitrogen and oxygen atoms in total. The highest BCUT2D eigenvalue weighted by atomic mass is 19.2. The van der Waals surface area contributed by atoms with Crippen LogP contribution >= 0.6 is 0 Å². The standard InChI is InChI=1S/C30H36F2N2O3/c1-37-25-11-12-28-26(19-25)22(14-16-33-28)6-2-5-21-15-18-34(20-24(21)10-13-29(35)36)17-4-8-23-7-3-9-27(31)30(23)32/h3,7,9,11-12,14,16,19,21,24H,2,4-6,8,10,13,15,17-18,20H2,1H3,(H,35,36)/t21-,24+/m1/s1. The Balaban J connectivity index is 1.32. The summed E-state index contributed by atoms with van der Waals surface area (Å²) in [6, 6.07) is 12.4. The summed E-state index contributed by atoms with van der Waals surface area (Å²) in [6.45, 7) is 2.62. The fraction of sp³-hybridized carbons (Fsp3) is 0.467. The lowest BCUT2D eigenvalue weighted by Crippen LogP contribution is -2.41. The number of benzene rings is 2. The van der Waals surface area contributed by atoms with Gasteiger partial charge in [-0.25, -0.2) is 8.78 Å². The molecular formula is C30H36F2N2O3. The molecule has 0 bridgehead atoms. The van der Waals surface area contributed by atoms with Gasteiger partial charge < -0.3 is 14.7 Å². The Morgan fingerprint density at radius 3 is 2.73 bits per heavy atom. The van der Waals surface area contributed by atoms with Crippen LogP contribution in [0.4, 0.5) is 8.78 Å². The van der Waals surface area contributed by atoms with Gasteiger partial charge in [-0.05, 0) is 111 Å². The predicted molar refractivity (Wildman–Crippen MR) is 141 cm³/mol. The van der Waals surface area contributed by atoms with E-state index in [0.29, 0.717) is 30.2 Å². The number of hydrogen-bond donors (Lipinski definition) is 1. The second-order valence-corrected chi connectivity index (χ2v) is 10.1.